The summed E-state index contributed by atoms with van der Waals surface area (Å²) >= 11 is 1.63. The lowest BCUT2D eigenvalue weighted by atomic mass is 9.86. The van der Waals surface area contributed by atoms with Gasteiger partial charge in [0.1, 0.15) is 11.2 Å². The molecule has 1 N–H and O–H groups in total. The van der Waals surface area contributed by atoms with Crippen molar-refractivity contribution >= 4 is 33.4 Å². The van der Waals surface area contributed by atoms with Gasteiger partial charge in [-0.25, -0.2) is 0 Å². The summed E-state index contributed by atoms with van der Waals surface area (Å²) in [4.78, 5) is 29.3. The van der Waals surface area contributed by atoms with Crippen LogP contribution in [0.5, 0.6) is 0 Å². The molecule has 2 aromatic heterocycles. The molecule has 6 heteroatoms. The molecule has 2 aliphatic rings. The smallest absolute Gasteiger partial charge is 0.271 e. The van der Waals surface area contributed by atoms with Crippen molar-refractivity contribution in [2.24, 2.45) is 5.92 Å². The molecule has 3 heterocycles. The largest absolute Gasteiger partial charge is 0.351 e. The van der Waals surface area contributed by atoms with Crippen LogP contribution in [0, 0.1) is 12.8 Å². The number of benzene rings is 1. The van der Waals surface area contributed by atoms with E-state index in [1.165, 1.54) is 5.56 Å². The molecule has 1 fully saturated rings. The van der Waals surface area contributed by atoms with Crippen LogP contribution in [0.25, 0.3) is 10.2 Å². The number of fused-ring (bicyclic) bond motifs is 3. The Kier molecular flexibility index (Phi) is 5.36. The Bertz CT molecular complexity index is 1150. The molecule has 1 atom stereocenters. The number of carbonyl (C=O) groups excluding carboxylic acids is 2. The topological polar surface area (TPSA) is 54.3 Å². The number of carbonyl (C=O) groups is 2. The second-order valence-electron chi connectivity index (χ2n) is 9.87. The molecule has 0 spiro atoms. The summed E-state index contributed by atoms with van der Waals surface area (Å²) in [5.41, 5.74) is 2.98. The summed E-state index contributed by atoms with van der Waals surface area (Å²) in [7, 11) is 0. The van der Waals surface area contributed by atoms with E-state index in [0.717, 1.165) is 47.4 Å². The number of aryl methyl sites for hydroxylation is 1. The van der Waals surface area contributed by atoms with Crippen LogP contribution in [0.2, 0.25) is 0 Å². The van der Waals surface area contributed by atoms with Crippen LogP contribution >= 0.6 is 11.3 Å². The Morgan fingerprint density at radius 3 is 2.59 bits per heavy atom. The van der Waals surface area contributed by atoms with Crippen molar-refractivity contribution in [2.75, 3.05) is 0 Å². The van der Waals surface area contributed by atoms with E-state index >= 15 is 0 Å². The van der Waals surface area contributed by atoms with Crippen LogP contribution in [0.1, 0.15) is 61.1 Å². The zero-order valence-electron chi connectivity index (χ0n) is 19.1. The van der Waals surface area contributed by atoms with Crippen molar-refractivity contribution in [1.29, 1.82) is 0 Å². The molecular formula is C26H31N3O2S. The van der Waals surface area contributed by atoms with Gasteiger partial charge in [0.15, 0.2) is 0 Å². The lowest BCUT2D eigenvalue weighted by Gasteiger charge is -2.45. The summed E-state index contributed by atoms with van der Waals surface area (Å²) in [6, 6.07) is 12.4. The van der Waals surface area contributed by atoms with Gasteiger partial charge in [-0.05, 0) is 68.5 Å². The maximum atomic E-state index is 13.8. The molecule has 0 saturated heterocycles. The van der Waals surface area contributed by atoms with Crippen LogP contribution in [0.15, 0.2) is 41.8 Å². The van der Waals surface area contributed by atoms with Crippen LogP contribution in [0.4, 0.5) is 0 Å². The van der Waals surface area contributed by atoms with Crippen molar-refractivity contribution in [3.63, 3.8) is 0 Å². The van der Waals surface area contributed by atoms with Crippen molar-refractivity contribution in [3.8, 4) is 0 Å². The number of rotatable bonds is 4. The average Bonchev–Trinajstić information content (AvgIpc) is 3.36. The van der Waals surface area contributed by atoms with Gasteiger partial charge in [0.05, 0.1) is 16.8 Å². The molecule has 1 unspecified atom stereocenters. The first kappa shape index (κ1) is 21.3. The predicted molar refractivity (Wildman–Crippen MR) is 129 cm³/mol. The highest BCUT2D eigenvalue weighted by Gasteiger charge is 2.48. The highest BCUT2D eigenvalue weighted by molar-refractivity contribution is 7.17. The van der Waals surface area contributed by atoms with Gasteiger partial charge >= 0.3 is 0 Å². The average molecular weight is 450 g/mol. The number of thiophene rings is 1. The Morgan fingerprint density at radius 2 is 1.88 bits per heavy atom. The minimum Gasteiger partial charge on any atom is -0.351 e. The van der Waals surface area contributed by atoms with E-state index in [4.69, 9.17) is 0 Å². The first-order valence-electron chi connectivity index (χ1n) is 11.6. The minimum atomic E-state index is -0.952. The van der Waals surface area contributed by atoms with E-state index in [2.05, 4.69) is 43.4 Å². The van der Waals surface area contributed by atoms with Crippen LogP contribution < -0.4 is 5.32 Å². The lowest BCUT2D eigenvalue weighted by molar-refractivity contribution is -0.134. The van der Waals surface area contributed by atoms with Gasteiger partial charge in [0.2, 0.25) is 5.91 Å². The summed E-state index contributed by atoms with van der Waals surface area (Å²) in [6.07, 6.45) is 4.31. The number of nitrogens with zero attached hydrogens (tertiary/aromatic N) is 2. The minimum absolute atomic E-state index is 0.0414. The maximum absolute atomic E-state index is 13.8. The Hall–Kier alpha value is -2.60. The fraction of sp³-hybridized carbons (Fsp3) is 0.462. The predicted octanol–water partition coefficient (Wildman–Crippen LogP) is 5.12. The zero-order chi connectivity index (χ0) is 22.5. The van der Waals surface area contributed by atoms with Gasteiger partial charge in [-0.2, -0.15) is 0 Å². The quantitative estimate of drug-likeness (QED) is 0.601. The maximum Gasteiger partial charge on any atom is 0.271 e. The summed E-state index contributed by atoms with van der Waals surface area (Å²) in [5, 5.41) is 5.36. The van der Waals surface area contributed by atoms with E-state index in [1.54, 1.807) is 16.2 Å². The number of aromatic nitrogens is 1. The standard InChI is InChI=1S/C26H31N3O2S/c1-17-4-8-19(9-5-17)15-29-24(30)22-14-23-21(12-13-32-23)28(22)16-26(29,3)25(31)27-20-10-6-18(2)7-11-20/h4-5,8-9,12-14,18,20H,6-7,10-11,15-16H2,1-3H3,(H,27,31). The highest BCUT2D eigenvalue weighted by atomic mass is 32.1. The van der Waals surface area contributed by atoms with Gasteiger partial charge in [-0.15, -0.1) is 11.3 Å². The molecule has 2 amide bonds. The SMILES string of the molecule is Cc1ccc(CN2C(=O)c3cc4sccc4n3CC2(C)C(=O)NC2CCC(C)CC2)cc1. The van der Waals surface area contributed by atoms with Gasteiger partial charge in [0.25, 0.3) is 5.91 Å². The van der Waals surface area contributed by atoms with E-state index in [1.807, 2.05) is 29.0 Å². The lowest BCUT2D eigenvalue weighted by Crippen LogP contribution is -2.64. The summed E-state index contributed by atoms with van der Waals surface area (Å²) < 4.78 is 3.14. The molecule has 5 rings (SSSR count). The second kappa shape index (κ2) is 8.07. The third kappa shape index (κ3) is 3.64. The number of hydrogen-bond donors (Lipinski definition) is 1. The Balaban J connectivity index is 1.50. The zero-order valence-corrected chi connectivity index (χ0v) is 19.9. The molecule has 1 aliphatic carbocycles. The van der Waals surface area contributed by atoms with Gasteiger partial charge in [0, 0.05) is 12.6 Å². The number of amides is 2. The summed E-state index contributed by atoms with van der Waals surface area (Å²) in [5.74, 6) is 0.609. The van der Waals surface area contributed by atoms with Crippen molar-refractivity contribution in [3.05, 3.63) is 58.6 Å². The number of hydrogen-bond acceptors (Lipinski definition) is 3. The molecule has 32 heavy (non-hydrogen) atoms. The fourth-order valence-corrected chi connectivity index (χ4v) is 5.96. The molecular weight excluding hydrogens is 418 g/mol. The molecule has 0 radical (unpaired) electrons. The monoisotopic (exact) mass is 449 g/mol. The molecule has 1 saturated carbocycles. The van der Waals surface area contributed by atoms with Gasteiger partial charge in [-0.1, -0.05) is 36.8 Å². The fourth-order valence-electron chi connectivity index (χ4n) is 5.14. The third-order valence-corrected chi connectivity index (χ3v) is 8.20. The number of nitrogens with one attached hydrogen (secondary N) is 1. The van der Waals surface area contributed by atoms with Crippen LogP contribution in [0.3, 0.4) is 0 Å². The second-order valence-corrected chi connectivity index (χ2v) is 10.8. The molecule has 168 valence electrons. The normalized spacial score (nSPS) is 25.7. The van der Waals surface area contributed by atoms with Crippen LogP contribution in [-0.4, -0.2) is 32.9 Å². The van der Waals surface area contributed by atoms with Gasteiger partial charge < -0.3 is 14.8 Å². The molecule has 1 aromatic carbocycles. The van der Waals surface area contributed by atoms with E-state index in [9.17, 15) is 9.59 Å². The van der Waals surface area contributed by atoms with Crippen molar-refractivity contribution in [2.45, 2.75) is 71.1 Å². The molecule has 1 aliphatic heterocycles. The molecule has 5 nitrogen and oxygen atoms in total. The summed E-state index contributed by atoms with van der Waals surface area (Å²) in [6.45, 7) is 7.15. The molecule has 0 bridgehead atoms. The Morgan fingerprint density at radius 1 is 1.16 bits per heavy atom. The van der Waals surface area contributed by atoms with E-state index in [-0.39, 0.29) is 17.9 Å². The van der Waals surface area contributed by atoms with Crippen molar-refractivity contribution < 1.29 is 9.59 Å². The first-order chi connectivity index (χ1) is 15.3. The third-order valence-electron chi connectivity index (χ3n) is 7.35. The van der Waals surface area contributed by atoms with Crippen LogP contribution in [-0.2, 0) is 17.9 Å². The first-order valence-corrected chi connectivity index (χ1v) is 12.5. The Labute approximate surface area is 193 Å². The van der Waals surface area contributed by atoms with Gasteiger partial charge in [-0.3, -0.25) is 9.59 Å². The van der Waals surface area contributed by atoms with E-state index < -0.39 is 5.54 Å². The molecule has 3 aromatic rings. The van der Waals surface area contributed by atoms with Crippen molar-refractivity contribution in [1.82, 2.24) is 14.8 Å². The highest BCUT2D eigenvalue weighted by Crippen LogP contribution is 2.35. The van der Waals surface area contributed by atoms with E-state index in [0.29, 0.717) is 18.8 Å².